The Labute approximate surface area is 263 Å². The van der Waals surface area contributed by atoms with Gasteiger partial charge in [0.05, 0.1) is 30.2 Å². The number of ether oxygens (including phenoxy) is 2. The van der Waals surface area contributed by atoms with Crippen LogP contribution in [0.25, 0.3) is 15.9 Å². The van der Waals surface area contributed by atoms with E-state index in [9.17, 15) is 9.59 Å². The molecular weight excluding hydrogens is 593 g/mol. The first kappa shape index (κ1) is 29.7. The molecule has 1 aliphatic carbocycles. The van der Waals surface area contributed by atoms with E-state index < -0.39 is 0 Å². The number of carbonyl (C=O) groups excluding carboxylic acids is 1. The van der Waals surface area contributed by atoms with Crippen molar-refractivity contribution in [1.82, 2.24) is 15.0 Å². The van der Waals surface area contributed by atoms with Crippen molar-refractivity contribution < 1.29 is 14.3 Å². The number of nitrogens with zero attached hydrogens (tertiary/aromatic N) is 3. The predicted molar refractivity (Wildman–Crippen MR) is 177 cm³/mol. The van der Waals surface area contributed by atoms with E-state index in [-0.39, 0.29) is 17.2 Å². The topological polar surface area (TPSA) is 94.8 Å². The second-order valence-electron chi connectivity index (χ2n) is 10.5. The van der Waals surface area contributed by atoms with Crippen LogP contribution >= 0.6 is 23.1 Å². The van der Waals surface area contributed by atoms with E-state index in [0.29, 0.717) is 23.3 Å². The van der Waals surface area contributed by atoms with Crippen molar-refractivity contribution in [3.63, 3.8) is 0 Å². The number of hydrogen-bond acceptors (Lipinski definition) is 8. The lowest BCUT2D eigenvalue weighted by Gasteiger charge is -2.13. The molecule has 224 valence electrons. The van der Waals surface area contributed by atoms with Gasteiger partial charge in [-0.3, -0.25) is 14.2 Å². The number of hydrazone groups is 1. The first-order chi connectivity index (χ1) is 21.5. The molecule has 44 heavy (non-hydrogen) atoms. The Kier molecular flexibility index (Phi) is 9.09. The van der Waals surface area contributed by atoms with Crippen LogP contribution in [0.4, 0.5) is 0 Å². The molecule has 6 rings (SSSR count). The maximum absolute atomic E-state index is 13.9. The molecule has 0 spiro atoms. The molecule has 0 atom stereocenters. The van der Waals surface area contributed by atoms with Gasteiger partial charge in [-0.25, -0.2) is 10.4 Å². The van der Waals surface area contributed by atoms with Crippen molar-refractivity contribution >= 4 is 45.4 Å². The van der Waals surface area contributed by atoms with Crippen molar-refractivity contribution in [2.45, 2.75) is 44.4 Å². The molecule has 3 aromatic carbocycles. The van der Waals surface area contributed by atoms with Crippen LogP contribution in [0, 0.1) is 6.92 Å². The van der Waals surface area contributed by atoms with E-state index in [1.165, 1.54) is 16.6 Å². The third-order valence-electron chi connectivity index (χ3n) is 7.41. The number of fused-ring (bicyclic) bond motifs is 3. The van der Waals surface area contributed by atoms with Crippen LogP contribution in [0.2, 0.25) is 0 Å². The number of amides is 1. The van der Waals surface area contributed by atoms with Gasteiger partial charge < -0.3 is 9.47 Å². The molecule has 2 aromatic heterocycles. The molecule has 2 heterocycles. The van der Waals surface area contributed by atoms with Crippen LogP contribution in [0.15, 0.2) is 87.8 Å². The molecule has 0 aliphatic heterocycles. The van der Waals surface area contributed by atoms with Crippen molar-refractivity contribution in [2.75, 3.05) is 12.9 Å². The molecule has 5 aromatic rings. The number of thioether (sulfide) groups is 1. The van der Waals surface area contributed by atoms with E-state index in [0.717, 1.165) is 63.8 Å². The smallest absolute Gasteiger partial charge is 0.267 e. The van der Waals surface area contributed by atoms with Gasteiger partial charge in [-0.2, -0.15) is 5.10 Å². The molecule has 1 aliphatic rings. The normalized spacial score (nSPS) is 12.8. The van der Waals surface area contributed by atoms with Crippen molar-refractivity contribution in [3.05, 3.63) is 110 Å². The Hall–Kier alpha value is -4.41. The zero-order chi connectivity index (χ0) is 30.5. The summed E-state index contributed by atoms with van der Waals surface area (Å²) in [6.07, 6.45) is 5.65. The van der Waals surface area contributed by atoms with Crippen molar-refractivity contribution in [1.29, 1.82) is 0 Å². The second-order valence-corrected chi connectivity index (χ2v) is 12.6. The van der Waals surface area contributed by atoms with E-state index in [2.05, 4.69) is 10.5 Å². The highest BCUT2D eigenvalue weighted by Crippen LogP contribution is 2.35. The lowest BCUT2D eigenvalue weighted by atomic mass is 9.97. The number of benzene rings is 3. The minimum absolute atomic E-state index is 0.0435. The molecule has 0 saturated heterocycles. The first-order valence-electron chi connectivity index (χ1n) is 14.4. The molecular formula is C34H32N4O4S2. The lowest BCUT2D eigenvalue weighted by molar-refractivity contribution is -0.118. The number of aryl methyl sites for hydroxylation is 3. The fourth-order valence-electron chi connectivity index (χ4n) is 5.16. The number of thiophene rings is 1. The summed E-state index contributed by atoms with van der Waals surface area (Å²) >= 11 is 2.83. The zero-order valence-electron chi connectivity index (χ0n) is 24.5. The second kappa shape index (κ2) is 13.5. The average Bonchev–Trinajstić information content (AvgIpc) is 3.43. The van der Waals surface area contributed by atoms with Gasteiger partial charge in [-0.05, 0) is 79.6 Å². The number of methoxy groups -OCH3 is 1. The fourth-order valence-corrected chi connectivity index (χ4v) is 7.27. The largest absolute Gasteiger partial charge is 0.493 e. The Bertz CT molecular complexity index is 1880. The predicted octanol–water partition coefficient (Wildman–Crippen LogP) is 6.46. The molecule has 1 amide bonds. The van der Waals surface area contributed by atoms with Crippen LogP contribution in [-0.2, 0) is 24.2 Å². The Morgan fingerprint density at radius 1 is 1.07 bits per heavy atom. The molecule has 0 bridgehead atoms. The Morgan fingerprint density at radius 2 is 1.86 bits per heavy atom. The summed E-state index contributed by atoms with van der Waals surface area (Å²) in [5.41, 5.74) is 7.28. The maximum Gasteiger partial charge on any atom is 0.267 e. The average molecular weight is 625 g/mol. The van der Waals surface area contributed by atoms with Gasteiger partial charge in [-0.1, -0.05) is 59.8 Å². The van der Waals surface area contributed by atoms with Crippen LogP contribution in [0.5, 0.6) is 11.5 Å². The van der Waals surface area contributed by atoms with E-state index in [1.54, 1.807) is 35.3 Å². The lowest BCUT2D eigenvalue weighted by Crippen LogP contribution is -2.24. The standard InChI is InChI=1S/C34H32N4O4S2/c1-22-12-15-25(16-13-22)38-33(40)31-26-10-6-7-11-29(26)44-32(31)36-34(38)43-21-30(39)37-35-19-24-14-17-27(28(18-24)41-2)42-20-23-8-4-3-5-9-23/h3-5,8-9,12-19H,6-7,10-11,20-21H2,1-2H3,(H,37,39). The highest BCUT2D eigenvalue weighted by Gasteiger charge is 2.23. The monoisotopic (exact) mass is 624 g/mol. The van der Waals surface area contributed by atoms with Gasteiger partial charge in [0.15, 0.2) is 16.7 Å². The summed E-state index contributed by atoms with van der Waals surface area (Å²) in [6, 6.07) is 23.1. The van der Waals surface area contributed by atoms with Gasteiger partial charge in [0.2, 0.25) is 0 Å². The van der Waals surface area contributed by atoms with E-state index in [1.807, 2.05) is 73.7 Å². The summed E-state index contributed by atoms with van der Waals surface area (Å²) in [7, 11) is 1.58. The van der Waals surface area contributed by atoms with Gasteiger partial charge >= 0.3 is 0 Å². The van der Waals surface area contributed by atoms with Crippen LogP contribution in [0.3, 0.4) is 0 Å². The van der Waals surface area contributed by atoms with Crippen LogP contribution in [-0.4, -0.2) is 34.5 Å². The van der Waals surface area contributed by atoms with Crippen molar-refractivity contribution in [3.8, 4) is 17.2 Å². The summed E-state index contributed by atoms with van der Waals surface area (Å²) in [5.74, 6) is 0.917. The molecule has 8 nitrogen and oxygen atoms in total. The third-order valence-corrected chi connectivity index (χ3v) is 9.53. The molecule has 0 radical (unpaired) electrons. The summed E-state index contributed by atoms with van der Waals surface area (Å²) < 4.78 is 13.1. The third kappa shape index (κ3) is 6.56. The Morgan fingerprint density at radius 3 is 2.66 bits per heavy atom. The van der Waals surface area contributed by atoms with Crippen molar-refractivity contribution in [2.24, 2.45) is 5.10 Å². The molecule has 1 N–H and O–H groups in total. The summed E-state index contributed by atoms with van der Waals surface area (Å²) in [6.45, 7) is 2.43. The number of aromatic nitrogens is 2. The summed E-state index contributed by atoms with van der Waals surface area (Å²) in [4.78, 5) is 33.6. The highest BCUT2D eigenvalue weighted by atomic mass is 32.2. The minimum Gasteiger partial charge on any atom is -0.493 e. The number of carbonyl (C=O) groups is 1. The minimum atomic E-state index is -0.309. The zero-order valence-corrected chi connectivity index (χ0v) is 26.2. The number of hydrogen-bond donors (Lipinski definition) is 1. The first-order valence-corrected chi connectivity index (χ1v) is 16.2. The summed E-state index contributed by atoms with van der Waals surface area (Å²) in [5, 5.41) is 5.34. The van der Waals surface area contributed by atoms with Gasteiger partial charge in [0, 0.05) is 4.88 Å². The fraction of sp³-hybridized carbons (Fsp3) is 0.235. The molecule has 10 heteroatoms. The highest BCUT2D eigenvalue weighted by molar-refractivity contribution is 7.99. The van der Waals surface area contributed by atoms with Gasteiger partial charge in [0.25, 0.3) is 11.5 Å². The maximum atomic E-state index is 13.9. The van der Waals surface area contributed by atoms with Gasteiger partial charge in [-0.15, -0.1) is 11.3 Å². The molecule has 0 fully saturated rings. The number of rotatable bonds is 10. The SMILES string of the molecule is COc1cc(C=NNC(=O)CSc2nc3sc4c(c3c(=O)n2-c2ccc(C)cc2)CCCC4)ccc1OCc1ccccc1. The number of nitrogens with one attached hydrogen (secondary N) is 1. The van der Waals surface area contributed by atoms with Crippen LogP contribution < -0.4 is 20.5 Å². The quantitative estimate of drug-likeness (QED) is 0.0829. The van der Waals surface area contributed by atoms with Gasteiger partial charge in [0.1, 0.15) is 11.4 Å². The van der Waals surface area contributed by atoms with E-state index in [4.69, 9.17) is 14.5 Å². The Balaban J connectivity index is 1.15. The van der Waals surface area contributed by atoms with E-state index >= 15 is 0 Å². The molecule has 0 unspecified atom stereocenters. The van der Waals surface area contributed by atoms with Crippen LogP contribution in [0.1, 0.15) is 40.0 Å². The molecule has 0 saturated carbocycles.